The highest BCUT2D eigenvalue weighted by Crippen LogP contribution is 2.38. The molecule has 1 heterocycles. The summed E-state index contributed by atoms with van der Waals surface area (Å²) in [6.07, 6.45) is 4.49. The molecule has 1 aliphatic rings. The summed E-state index contributed by atoms with van der Waals surface area (Å²) in [5, 5.41) is 3.06. The quantitative estimate of drug-likeness (QED) is 0.600. The van der Waals surface area contributed by atoms with Crippen LogP contribution in [-0.4, -0.2) is 44.0 Å². The van der Waals surface area contributed by atoms with Crippen LogP contribution in [0.15, 0.2) is 24.3 Å². The minimum atomic E-state index is -3.79. The van der Waals surface area contributed by atoms with Crippen molar-refractivity contribution in [3.8, 4) is 0 Å². The summed E-state index contributed by atoms with van der Waals surface area (Å²) < 4.78 is 44.5. The largest absolute Gasteiger partial charge is 0.462 e. The van der Waals surface area contributed by atoms with Gasteiger partial charge in [-0.3, -0.25) is 4.79 Å². The number of anilines is 1. The van der Waals surface area contributed by atoms with E-state index in [0.29, 0.717) is 10.6 Å². The molecule has 168 valence electrons. The highest BCUT2D eigenvalue weighted by Gasteiger charge is 2.28. The molecule has 7 nitrogen and oxygen atoms in total. The molecule has 0 radical (unpaired) electrons. The van der Waals surface area contributed by atoms with Crippen molar-refractivity contribution in [2.45, 2.75) is 39.2 Å². The summed E-state index contributed by atoms with van der Waals surface area (Å²) in [5.41, 5.74) is 1.42. The zero-order valence-electron chi connectivity index (χ0n) is 17.4. The van der Waals surface area contributed by atoms with E-state index < -0.39 is 34.3 Å². The smallest absolute Gasteiger partial charge is 0.341 e. The molecule has 0 atom stereocenters. The lowest BCUT2D eigenvalue weighted by Crippen LogP contribution is -2.37. The number of ether oxygens (including phenoxy) is 1. The average Bonchev–Trinajstić information content (AvgIpc) is 3.06. The van der Waals surface area contributed by atoms with Gasteiger partial charge in [-0.1, -0.05) is 18.2 Å². The number of nitrogens with one attached hydrogen (secondary N) is 1. The van der Waals surface area contributed by atoms with Gasteiger partial charge in [0.2, 0.25) is 15.9 Å². The number of benzene rings is 1. The number of halogens is 1. The Labute approximate surface area is 185 Å². The van der Waals surface area contributed by atoms with Gasteiger partial charge in [0.25, 0.3) is 0 Å². The van der Waals surface area contributed by atoms with Crippen LogP contribution in [0.25, 0.3) is 0 Å². The molecule has 0 saturated heterocycles. The zero-order valence-corrected chi connectivity index (χ0v) is 19.1. The van der Waals surface area contributed by atoms with E-state index >= 15 is 0 Å². The monoisotopic (exact) mass is 468 g/mol. The Morgan fingerprint density at radius 3 is 2.61 bits per heavy atom. The van der Waals surface area contributed by atoms with Crippen molar-refractivity contribution in [2.75, 3.05) is 24.7 Å². The Bertz CT molecular complexity index is 1080. The number of carbonyl (C=O) groups excluding carboxylic acids is 2. The number of aryl methyl sites for hydroxylation is 1. The summed E-state index contributed by atoms with van der Waals surface area (Å²) in [5.74, 6) is -1.65. The Kier molecular flexibility index (Phi) is 7.45. The highest BCUT2D eigenvalue weighted by molar-refractivity contribution is 7.88. The van der Waals surface area contributed by atoms with Crippen LogP contribution in [0.3, 0.4) is 0 Å². The maximum absolute atomic E-state index is 14.0. The molecular formula is C21H25FN2O5S2. The van der Waals surface area contributed by atoms with E-state index in [9.17, 15) is 22.4 Å². The van der Waals surface area contributed by atoms with Gasteiger partial charge in [0.1, 0.15) is 10.8 Å². The van der Waals surface area contributed by atoms with Gasteiger partial charge in [0.15, 0.2) is 0 Å². The molecule has 0 bridgehead atoms. The fourth-order valence-corrected chi connectivity index (χ4v) is 5.53. The highest BCUT2D eigenvalue weighted by atomic mass is 32.2. The molecule has 0 spiro atoms. The molecule has 0 saturated carbocycles. The molecule has 1 aromatic carbocycles. The van der Waals surface area contributed by atoms with E-state index in [-0.39, 0.29) is 18.7 Å². The molecule has 0 unspecified atom stereocenters. The minimum absolute atomic E-state index is 0.166. The van der Waals surface area contributed by atoms with Crippen LogP contribution in [0.5, 0.6) is 0 Å². The third-order valence-corrected chi connectivity index (χ3v) is 7.40. The summed E-state index contributed by atoms with van der Waals surface area (Å²) in [4.78, 5) is 26.3. The number of amides is 1. The molecule has 1 amide bonds. The van der Waals surface area contributed by atoms with Crippen LogP contribution < -0.4 is 5.32 Å². The lowest BCUT2D eigenvalue weighted by Gasteiger charge is -2.20. The second-order valence-corrected chi connectivity index (χ2v) is 10.4. The SMILES string of the molecule is CCOC(=O)c1c(NC(=O)CN(Cc2ccccc2F)S(C)(=O)=O)sc2c1CCCC2. The van der Waals surface area contributed by atoms with Gasteiger partial charge in [-0.15, -0.1) is 11.3 Å². The molecular weight excluding hydrogens is 443 g/mol. The predicted molar refractivity (Wildman–Crippen MR) is 117 cm³/mol. The maximum Gasteiger partial charge on any atom is 0.341 e. The number of hydrogen-bond acceptors (Lipinski definition) is 6. The van der Waals surface area contributed by atoms with Crippen LogP contribution in [0.1, 0.15) is 46.1 Å². The summed E-state index contributed by atoms with van der Waals surface area (Å²) in [6.45, 7) is 1.14. The van der Waals surface area contributed by atoms with Crippen LogP contribution >= 0.6 is 11.3 Å². The fraction of sp³-hybridized carbons (Fsp3) is 0.429. The molecule has 0 fully saturated rings. The number of hydrogen-bond donors (Lipinski definition) is 1. The number of fused-ring (bicyclic) bond motifs is 1. The normalized spacial score (nSPS) is 13.7. The third kappa shape index (κ3) is 5.69. The van der Waals surface area contributed by atoms with Crippen molar-refractivity contribution in [3.05, 3.63) is 51.7 Å². The Morgan fingerprint density at radius 1 is 1.23 bits per heavy atom. The van der Waals surface area contributed by atoms with Crippen molar-refractivity contribution < 1.29 is 27.1 Å². The van der Waals surface area contributed by atoms with E-state index in [4.69, 9.17) is 4.74 Å². The van der Waals surface area contributed by atoms with Crippen molar-refractivity contribution in [1.29, 1.82) is 0 Å². The van der Waals surface area contributed by atoms with E-state index in [1.807, 2.05) is 0 Å². The molecule has 31 heavy (non-hydrogen) atoms. The molecule has 2 aromatic rings. The van der Waals surface area contributed by atoms with Crippen molar-refractivity contribution in [2.24, 2.45) is 0 Å². The van der Waals surface area contributed by atoms with E-state index in [1.54, 1.807) is 13.0 Å². The lowest BCUT2D eigenvalue weighted by atomic mass is 9.95. The summed E-state index contributed by atoms with van der Waals surface area (Å²) in [6, 6.07) is 5.81. The average molecular weight is 469 g/mol. The number of thiophene rings is 1. The number of esters is 1. The first-order valence-corrected chi connectivity index (χ1v) is 12.7. The minimum Gasteiger partial charge on any atom is -0.462 e. The van der Waals surface area contributed by atoms with Gasteiger partial charge < -0.3 is 10.1 Å². The number of nitrogens with zero attached hydrogens (tertiary/aromatic N) is 1. The Hall–Kier alpha value is -2.30. The molecule has 10 heteroatoms. The van der Waals surface area contributed by atoms with Crippen LogP contribution in [0, 0.1) is 5.82 Å². The maximum atomic E-state index is 14.0. The van der Waals surface area contributed by atoms with Gasteiger partial charge in [-0.05, 0) is 44.2 Å². The first-order chi connectivity index (χ1) is 14.7. The van der Waals surface area contributed by atoms with Crippen LogP contribution in [0.2, 0.25) is 0 Å². The van der Waals surface area contributed by atoms with Gasteiger partial charge in [0, 0.05) is 17.0 Å². The fourth-order valence-electron chi connectivity index (χ4n) is 3.51. The van der Waals surface area contributed by atoms with Crippen LogP contribution in [0.4, 0.5) is 9.39 Å². The second kappa shape index (κ2) is 9.88. The molecule has 1 N–H and O–H groups in total. The first kappa shape index (κ1) is 23.4. The van der Waals surface area contributed by atoms with Gasteiger partial charge in [-0.25, -0.2) is 17.6 Å². The number of carbonyl (C=O) groups is 2. The standard InChI is InChI=1S/C21H25FN2O5S2/c1-3-29-21(26)19-15-9-5-7-11-17(15)30-20(19)23-18(25)13-24(31(2,27)28)12-14-8-4-6-10-16(14)22/h4,6,8,10H,3,5,7,9,11-13H2,1-2H3,(H,23,25). The third-order valence-electron chi connectivity index (χ3n) is 5.00. The zero-order chi connectivity index (χ0) is 22.6. The molecule has 1 aliphatic carbocycles. The molecule has 0 aliphatic heterocycles. The van der Waals surface area contributed by atoms with Crippen molar-refractivity contribution in [3.63, 3.8) is 0 Å². The summed E-state index contributed by atoms with van der Waals surface area (Å²) in [7, 11) is -3.79. The summed E-state index contributed by atoms with van der Waals surface area (Å²) >= 11 is 1.32. The van der Waals surface area contributed by atoms with E-state index in [2.05, 4.69) is 5.32 Å². The van der Waals surface area contributed by atoms with Gasteiger partial charge >= 0.3 is 5.97 Å². The van der Waals surface area contributed by atoms with Crippen LogP contribution in [-0.2, 0) is 38.9 Å². The van der Waals surface area contributed by atoms with Crippen molar-refractivity contribution >= 4 is 38.2 Å². The van der Waals surface area contributed by atoms with Gasteiger partial charge in [0.05, 0.1) is 25.0 Å². The van der Waals surface area contributed by atoms with Crippen molar-refractivity contribution in [1.82, 2.24) is 4.31 Å². The van der Waals surface area contributed by atoms with Gasteiger partial charge in [-0.2, -0.15) is 4.31 Å². The predicted octanol–water partition coefficient (Wildman–Crippen LogP) is 3.34. The second-order valence-electron chi connectivity index (χ2n) is 7.31. The topological polar surface area (TPSA) is 92.8 Å². The van der Waals surface area contributed by atoms with E-state index in [1.165, 1.54) is 29.5 Å². The number of sulfonamides is 1. The Balaban J connectivity index is 1.82. The Morgan fingerprint density at radius 2 is 1.94 bits per heavy atom. The lowest BCUT2D eigenvalue weighted by molar-refractivity contribution is -0.116. The molecule has 1 aromatic heterocycles. The van der Waals surface area contributed by atoms with E-state index in [0.717, 1.165) is 46.7 Å². The first-order valence-electron chi connectivity index (χ1n) is 10.0. The molecule has 3 rings (SSSR count). The number of rotatable bonds is 8.